The Morgan fingerprint density at radius 2 is 1.63 bits per heavy atom. The average Bonchev–Trinajstić information content (AvgIpc) is 3.04. The third-order valence-electron chi connectivity index (χ3n) is 7.47. The molecule has 184 valence electrons. The van der Waals surface area contributed by atoms with Crippen LogP contribution in [0.3, 0.4) is 0 Å². The fourth-order valence-corrected chi connectivity index (χ4v) is 5.54. The fraction of sp³-hybridized carbons (Fsp3) is 0.429. The second kappa shape index (κ2) is 9.29. The molecule has 0 radical (unpaired) electrons. The van der Waals surface area contributed by atoms with Crippen LogP contribution < -0.4 is 19.7 Å². The lowest BCUT2D eigenvalue weighted by atomic mass is 9.92. The maximum atomic E-state index is 14.1. The SMILES string of the molecule is COc1cc(OC)cc(N2C(=O)c3cc4ccccc4n3CC2(C)C(=O)NC2CCCCCC2)c1. The molecule has 2 heterocycles. The van der Waals surface area contributed by atoms with Crippen LogP contribution in [0.5, 0.6) is 11.5 Å². The third-order valence-corrected chi connectivity index (χ3v) is 7.47. The van der Waals surface area contributed by atoms with E-state index in [1.54, 1.807) is 37.3 Å². The Hall–Kier alpha value is -3.48. The number of para-hydroxylation sites is 1. The summed E-state index contributed by atoms with van der Waals surface area (Å²) >= 11 is 0. The van der Waals surface area contributed by atoms with E-state index in [0.717, 1.165) is 36.6 Å². The molecule has 1 N–H and O–H groups in total. The van der Waals surface area contributed by atoms with Gasteiger partial charge in [0.15, 0.2) is 0 Å². The van der Waals surface area contributed by atoms with Crippen molar-refractivity contribution in [1.29, 1.82) is 0 Å². The number of amides is 2. The molecule has 1 atom stereocenters. The van der Waals surface area contributed by atoms with Crippen LogP contribution in [-0.4, -0.2) is 42.2 Å². The largest absolute Gasteiger partial charge is 0.497 e. The number of nitrogens with one attached hydrogen (secondary N) is 1. The Kier molecular flexibility index (Phi) is 6.17. The van der Waals surface area contributed by atoms with E-state index in [1.165, 1.54) is 12.8 Å². The maximum absolute atomic E-state index is 14.1. The topological polar surface area (TPSA) is 72.8 Å². The quantitative estimate of drug-likeness (QED) is 0.532. The number of hydrogen-bond donors (Lipinski definition) is 1. The highest BCUT2D eigenvalue weighted by Crippen LogP contribution is 2.39. The van der Waals surface area contributed by atoms with Crippen LogP contribution >= 0.6 is 0 Å². The van der Waals surface area contributed by atoms with E-state index in [9.17, 15) is 9.59 Å². The molecular formula is C28H33N3O4. The Labute approximate surface area is 206 Å². The van der Waals surface area contributed by atoms with Crippen molar-refractivity contribution >= 4 is 28.4 Å². The van der Waals surface area contributed by atoms with Gasteiger partial charge >= 0.3 is 0 Å². The molecular weight excluding hydrogens is 442 g/mol. The van der Waals surface area contributed by atoms with Gasteiger partial charge in [-0.05, 0) is 31.9 Å². The zero-order valence-corrected chi connectivity index (χ0v) is 20.7. The highest BCUT2D eigenvalue weighted by molar-refractivity contribution is 6.14. The van der Waals surface area contributed by atoms with Crippen molar-refractivity contribution in [2.24, 2.45) is 0 Å². The van der Waals surface area contributed by atoms with E-state index < -0.39 is 5.54 Å². The van der Waals surface area contributed by atoms with Crippen LogP contribution in [0, 0.1) is 0 Å². The molecule has 1 aromatic heterocycles. The van der Waals surface area contributed by atoms with Crippen LogP contribution in [0.4, 0.5) is 5.69 Å². The minimum Gasteiger partial charge on any atom is -0.497 e. The first kappa shape index (κ1) is 23.3. The van der Waals surface area contributed by atoms with E-state index in [4.69, 9.17) is 9.47 Å². The first-order valence-corrected chi connectivity index (χ1v) is 12.4. The van der Waals surface area contributed by atoms with Gasteiger partial charge in [-0.15, -0.1) is 0 Å². The number of anilines is 1. The van der Waals surface area contributed by atoms with Gasteiger partial charge in [-0.3, -0.25) is 14.5 Å². The highest BCUT2D eigenvalue weighted by atomic mass is 16.5. The fourth-order valence-electron chi connectivity index (χ4n) is 5.54. The summed E-state index contributed by atoms with van der Waals surface area (Å²) in [6, 6.07) is 15.3. The second-order valence-corrected chi connectivity index (χ2v) is 9.82. The Bertz CT molecular complexity index is 1240. The molecule has 35 heavy (non-hydrogen) atoms. The summed E-state index contributed by atoms with van der Waals surface area (Å²) < 4.78 is 12.9. The molecule has 0 spiro atoms. The second-order valence-electron chi connectivity index (χ2n) is 9.82. The summed E-state index contributed by atoms with van der Waals surface area (Å²) in [4.78, 5) is 29.7. The molecule has 1 aliphatic carbocycles. The molecule has 3 aromatic rings. The van der Waals surface area contributed by atoms with Gasteiger partial charge in [-0.1, -0.05) is 43.9 Å². The van der Waals surface area contributed by atoms with E-state index in [1.807, 2.05) is 41.8 Å². The molecule has 1 aliphatic heterocycles. The van der Waals surface area contributed by atoms with Gasteiger partial charge in [0.05, 0.1) is 26.5 Å². The van der Waals surface area contributed by atoms with Crippen LogP contribution in [0.1, 0.15) is 55.9 Å². The molecule has 0 saturated heterocycles. The normalized spacial score (nSPS) is 20.9. The standard InChI is InChI=1S/C28H33N3O4/c1-28(27(33)29-20-11-6-4-5-7-12-20)18-30-24-13-9-8-10-19(24)14-25(30)26(32)31(28)21-15-22(34-2)17-23(16-21)35-3/h8-10,13-17,20H,4-7,11-12,18H2,1-3H3,(H,29,33). The summed E-state index contributed by atoms with van der Waals surface area (Å²) in [7, 11) is 3.15. The predicted molar refractivity (Wildman–Crippen MR) is 136 cm³/mol. The number of benzene rings is 2. The first-order chi connectivity index (χ1) is 16.9. The van der Waals surface area contributed by atoms with E-state index in [2.05, 4.69) is 5.32 Å². The lowest BCUT2D eigenvalue weighted by Gasteiger charge is -2.44. The van der Waals surface area contributed by atoms with Gasteiger partial charge in [0.2, 0.25) is 5.91 Å². The number of methoxy groups -OCH3 is 2. The number of ether oxygens (including phenoxy) is 2. The van der Waals surface area contributed by atoms with Gasteiger partial charge in [-0.25, -0.2) is 0 Å². The van der Waals surface area contributed by atoms with Crippen molar-refractivity contribution in [3.63, 3.8) is 0 Å². The number of fused-ring (bicyclic) bond motifs is 3. The summed E-state index contributed by atoms with van der Waals surface area (Å²) in [6.07, 6.45) is 6.58. The van der Waals surface area contributed by atoms with Crippen molar-refractivity contribution in [3.8, 4) is 11.5 Å². The van der Waals surface area contributed by atoms with E-state index in [0.29, 0.717) is 29.4 Å². The maximum Gasteiger partial charge on any atom is 0.275 e. The predicted octanol–water partition coefficient (Wildman–Crippen LogP) is 4.92. The monoisotopic (exact) mass is 475 g/mol. The van der Waals surface area contributed by atoms with Gasteiger partial charge in [0.1, 0.15) is 22.7 Å². The summed E-state index contributed by atoms with van der Waals surface area (Å²) in [6.45, 7) is 2.21. The third kappa shape index (κ3) is 4.13. The number of nitrogens with zero attached hydrogens (tertiary/aromatic N) is 2. The molecule has 0 bridgehead atoms. The van der Waals surface area contributed by atoms with Crippen molar-refractivity contribution in [2.75, 3.05) is 19.1 Å². The first-order valence-electron chi connectivity index (χ1n) is 12.4. The molecule has 7 nitrogen and oxygen atoms in total. The lowest BCUT2D eigenvalue weighted by Crippen LogP contribution is -2.65. The summed E-state index contributed by atoms with van der Waals surface area (Å²) in [5.41, 5.74) is 0.941. The van der Waals surface area contributed by atoms with Crippen LogP contribution in [0.15, 0.2) is 48.5 Å². The minimum atomic E-state index is -1.14. The number of rotatable bonds is 5. The van der Waals surface area contributed by atoms with Crippen LogP contribution in [0.2, 0.25) is 0 Å². The smallest absolute Gasteiger partial charge is 0.275 e. The van der Waals surface area contributed by atoms with Gasteiger partial charge in [0, 0.05) is 35.1 Å². The lowest BCUT2D eigenvalue weighted by molar-refractivity contribution is -0.127. The molecule has 2 aliphatic rings. The molecule has 1 unspecified atom stereocenters. The molecule has 7 heteroatoms. The molecule has 1 fully saturated rings. The highest BCUT2D eigenvalue weighted by Gasteiger charge is 2.49. The summed E-state index contributed by atoms with van der Waals surface area (Å²) in [5, 5.41) is 4.29. The number of carbonyl (C=O) groups is 2. The number of hydrogen-bond acceptors (Lipinski definition) is 4. The molecule has 1 saturated carbocycles. The van der Waals surface area contributed by atoms with Crippen molar-refractivity contribution in [2.45, 2.75) is 63.6 Å². The molecule has 2 aromatic carbocycles. The Morgan fingerprint density at radius 3 is 2.29 bits per heavy atom. The van der Waals surface area contributed by atoms with Crippen molar-refractivity contribution in [3.05, 3.63) is 54.2 Å². The average molecular weight is 476 g/mol. The zero-order valence-electron chi connectivity index (χ0n) is 20.7. The Morgan fingerprint density at radius 1 is 0.971 bits per heavy atom. The molecule has 5 rings (SSSR count). The Balaban J connectivity index is 1.63. The minimum absolute atomic E-state index is 0.126. The van der Waals surface area contributed by atoms with E-state index >= 15 is 0 Å². The zero-order chi connectivity index (χ0) is 24.6. The van der Waals surface area contributed by atoms with Crippen molar-refractivity contribution < 1.29 is 19.1 Å². The van der Waals surface area contributed by atoms with Crippen LogP contribution in [0.25, 0.3) is 10.9 Å². The van der Waals surface area contributed by atoms with Crippen LogP contribution in [-0.2, 0) is 11.3 Å². The van der Waals surface area contributed by atoms with Gasteiger partial charge < -0.3 is 19.4 Å². The molecule has 2 amide bonds. The van der Waals surface area contributed by atoms with Crippen molar-refractivity contribution in [1.82, 2.24) is 9.88 Å². The van der Waals surface area contributed by atoms with Gasteiger partial charge in [0.25, 0.3) is 5.91 Å². The number of carbonyl (C=O) groups excluding carboxylic acids is 2. The summed E-state index contributed by atoms with van der Waals surface area (Å²) in [5.74, 6) is 0.763. The number of aromatic nitrogens is 1. The van der Waals surface area contributed by atoms with E-state index in [-0.39, 0.29) is 17.9 Å². The van der Waals surface area contributed by atoms with Gasteiger partial charge in [-0.2, -0.15) is 0 Å².